The van der Waals surface area contributed by atoms with Crippen LogP contribution in [0.2, 0.25) is 0 Å². The molecule has 1 amide bonds. The van der Waals surface area contributed by atoms with Crippen molar-refractivity contribution in [1.29, 1.82) is 0 Å². The molecule has 4 heterocycles. The van der Waals surface area contributed by atoms with Crippen LogP contribution in [-0.4, -0.2) is 70.6 Å². The summed E-state index contributed by atoms with van der Waals surface area (Å²) in [6, 6.07) is 5.16. The Morgan fingerprint density at radius 2 is 1.92 bits per heavy atom. The van der Waals surface area contributed by atoms with Gasteiger partial charge in [0, 0.05) is 50.0 Å². The van der Waals surface area contributed by atoms with Crippen molar-refractivity contribution in [2.45, 2.75) is 59.0 Å². The number of hydrogen-bond donors (Lipinski definition) is 1. The van der Waals surface area contributed by atoms with Crippen LogP contribution in [0.25, 0.3) is 16.6 Å². The monoisotopic (exact) mass is 505 g/mol. The van der Waals surface area contributed by atoms with Crippen molar-refractivity contribution in [3.05, 3.63) is 59.3 Å². The molecular weight excluding hydrogens is 465 g/mol. The summed E-state index contributed by atoms with van der Waals surface area (Å²) in [7, 11) is 1.76. The number of fused-ring (bicyclic) bond motifs is 1. The molecule has 2 aliphatic heterocycles. The van der Waals surface area contributed by atoms with Crippen LogP contribution in [0.3, 0.4) is 0 Å². The van der Waals surface area contributed by atoms with Crippen molar-refractivity contribution in [2.75, 3.05) is 33.2 Å². The van der Waals surface area contributed by atoms with E-state index in [-0.39, 0.29) is 11.9 Å². The zero-order valence-corrected chi connectivity index (χ0v) is 22.8. The van der Waals surface area contributed by atoms with E-state index in [9.17, 15) is 9.18 Å². The molecule has 6 nitrogen and oxygen atoms in total. The number of halogens is 1. The van der Waals surface area contributed by atoms with E-state index < -0.39 is 5.82 Å². The molecule has 2 fully saturated rings. The zero-order valence-electron chi connectivity index (χ0n) is 22.8. The molecule has 1 atom stereocenters. The van der Waals surface area contributed by atoms with Gasteiger partial charge in [-0.2, -0.15) is 0 Å². The molecule has 7 heteroatoms. The number of piperidine rings is 1. The number of aromatic nitrogens is 2. The lowest BCUT2D eigenvalue weighted by Crippen LogP contribution is -2.55. The van der Waals surface area contributed by atoms with Crippen LogP contribution in [0, 0.1) is 24.6 Å². The highest BCUT2D eigenvalue weighted by atomic mass is 19.1. The van der Waals surface area contributed by atoms with Gasteiger partial charge in [-0.05, 0) is 101 Å². The van der Waals surface area contributed by atoms with E-state index in [4.69, 9.17) is 0 Å². The van der Waals surface area contributed by atoms with Gasteiger partial charge in [0.15, 0.2) is 0 Å². The van der Waals surface area contributed by atoms with Gasteiger partial charge in [-0.3, -0.25) is 14.7 Å². The van der Waals surface area contributed by atoms with Crippen LogP contribution < -0.4 is 5.32 Å². The van der Waals surface area contributed by atoms with E-state index in [1.54, 1.807) is 18.0 Å². The fourth-order valence-electron chi connectivity index (χ4n) is 6.12. The van der Waals surface area contributed by atoms with E-state index in [2.05, 4.69) is 35.2 Å². The minimum absolute atomic E-state index is 0.0123. The van der Waals surface area contributed by atoms with Crippen molar-refractivity contribution in [2.24, 2.45) is 11.8 Å². The molecule has 198 valence electrons. The number of carbonyl (C=O) groups is 1. The Bertz CT molecular complexity index is 1270. The summed E-state index contributed by atoms with van der Waals surface area (Å²) >= 11 is 0. The molecule has 2 aliphatic rings. The largest absolute Gasteiger partial charge is 0.339 e. The summed E-state index contributed by atoms with van der Waals surface area (Å²) in [5.74, 6) is 0.802. The molecule has 0 bridgehead atoms. The fraction of sp³-hybridized carbons (Fsp3) is 0.533. The first-order valence-electron chi connectivity index (χ1n) is 13.7. The Balaban J connectivity index is 1.44. The summed E-state index contributed by atoms with van der Waals surface area (Å²) in [4.78, 5) is 22.1. The van der Waals surface area contributed by atoms with Gasteiger partial charge in [-0.25, -0.2) is 4.39 Å². The molecule has 0 aliphatic carbocycles. The number of nitrogens with zero attached hydrogens (tertiary/aromatic N) is 4. The Morgan fingerprint density at radius 3 is 2.62 bits per heavy atom. The Kier molecular flexibility index (Phi) is 7.37. The number of likely N-dealkylation sites (tertiary alicyclic amines) is 1. The van der Waals surface area contributed by atoms with Gasteiger partial charge in [0.05, 0.1) is 23.0 Å². The molecule has 2 aromatic heterocycles. The van der Waals surface area contributed by atoms with E-state index in [1.807, 2.05) is 30.8 Å². The molecule has 2 saturated heterocycles. The molecule has 0 spiro atoms. The second-order valence-corrected chi connectivity index (χ2v) is 11.4. The van der Waals surface area contributed by atoms with Gasteiger partial charge in [0.25, 0.3) is 5.91 Å². The zero-order chi connectivity index (χ0) is 26.3. The molecular formula is C30H40FN5O. The van der Waals surface area contributed by atoms with Gasteiger partial charge in [-0.1, -0.05) is 0 Å². The highest BCUT2D eigenvalue weighted by Gasteiger charge is 2.35. The van der Waals surface area contributed by atoms with Gasteiger partial charge in [0.2, 0.25) is 0 Å². The molecule has 1 N–H and O–H groups in total. The molecule has 3 aromatic rings. The predicted octanol–water partition coefficient (Wildman–Crippen LogP) is 4.82. The average Bonchev–Trinajstić information content (AvgIpc) is 3.24. The first-order chi connectivity index (χ1) is 17.7. The standard InChI is InChI=1S/C30H40FN5O/c1-19(2)34(5)30(37)26-13-25(31)6-7-27(26)36-18-24(29-20(3)14-33-15-28(29)36)12-22-16-35(17-22)21(4)23-8-10-32-11-9-23/h6-7,13-15,18-19,21-23,32H,8-12,16-17H2,1-5H3/t21-/m0/s1. The maximum atomic E-state index is 14.3. The average molecular weight is 506 g/mol. The number of amides is 1. The van der Waals surface area contributed by atoms with Gasteiger partial charge < -0.3 is 14.8 Å². The Morgan fingerprint density at radius 1 is 1.19 bits per heavy atom. The first kappa shape index (κ1) is 25.9. The van der Waals surface area contributed by atoms with Crippen LogP contribution in [0.15, 0.2) is 36.8 Å². The number of carbonyl (C=O) groups excluding carboxylic acids is 1. The minimum atomic E-state index is -0.410. The minimum Gasteiger partial charge on any atom is -0.339 e. The van der Waals surface area contributed by atoms with Crippen molar-refractivity contribution >= 4 is 16.8 Å². The number of hydrogen-bond acceptors (Lipinski definition) is 4. The topological polar surface area (TPSA) is 53.4 Å². The molecule has 0 unspecified atom stereocenters. The van der Waals surface area contributed by atoms with Gasteiger partial charge >= 0.3 is 0 Å². The molecule has 0 radical (unpaired) electrons. The Labute approximate surface area is 219 Å². The number of aryl methyl sites for hydroxylation is 1. The number of nitrogens with one attached hydrogen (secondary N) is 1. The third kappa shape index (κ3) is 5.04. The first-order valence-corrected chi connectivity index (χ1v) is 13.7. The molecule has 37 heavy (non-hydrogen) atoms. The molecule has 0 saturated carbocycles. The third-order valence-corrected chi connectivity index (χ3v) is 8.66. The summed E-state index contributed by atoms with van der Waals surface area (Å²) < 4.78 is 16.4. The maximum absolute atomic E-state index is 14.3. The lowest BCUT2D eigenvalue weighted by Gasteiger charge is -2.46. The van der Waals surface area contributed by atoms with E-state index >= 15 is 0 Å². The van der Waals surface area contributed by atoms with Gasteiger partial charge in [0.1, 0.15) is 5.82 Å². The Hall–Kier alpha value is -2.77. The summed E-state index contributed by atoms with van der Waals surface area (Å²) in [5, 5.41) is 4.67. The molecule has 5 rings (SSSR count). The van der Waals surface area contributed by atoms with Crippen LogP contribution >= 0.6 is 0 Å². The van der Waals surface area contributed by atoms with Crippen LogP contribution in [0.1, 0.15) is 55.1 Å². The second-order valence-electron chi connectivity index (χ2n) is 11.4. The van der Waals surface area contributed by atoms with E-state index in [1.165, 1.54) is 35.9 Å². The van der Waals surface area contributed by atoms with Crippen molar-refractivity contribution < 1.29 is 9.18 Å². The van der Waals surface area contributed by atoms with Crippen LogP contribution in [-0.2, 0) is 6.42 Å². The van der Waals surface area contributed by atoms with E-state index in [0.29, 0.717) is 23.2 Å². The molecule has 1 aromatic carbocycles. The normalized spacial score (nSPS) is 18.4. The van der Waals surface area contributed by atoms with Crippen molar-refractivity contribution in [1.82, 2.24) is 24.7 Å². The SMILES string of the molecule is Cc1cncc2c1c(CC1CN([C@@H](C)C3CCNCC3)C1)cn2-c1ccc(F)cc1C(=O)N(C)C(C)C. The smallest absolute Gasteiger partial charge is 0.256 e. The lowest BCUT2D eigenvalue weighted by molar-refractivity contribution is 0.0261. The van der Waals surface area contributed by atoms with Crippen LogP contribution in [0.4, 0.5) is 4.39 Å². The lowest BCUT2D eigenvalue weighted by atomic mass is 9.84. The second kappa shape index (κ2) is 10.5. The third-order valence-electron chi connectivity index (χ3n) is 8.66. The van der Waals surface area contributed by atoms with Crippen LogP contribution in [0.5, 0.6) is 0 Å². The van der Waals surface area contributed by atoms with Crippen molar-refractivity contribution in [3.63, 3.8) is 0 Å². The summed E-state index contributed by atoms with van der Waals surface area (Å²) in [5.41, 5.74) is 4.42. The highest BCUT2D eigenvalue weighted by molar-refractivity contribution is 5.99. The predicted molar refractivity (Wildman–Crippen MR) is 147 cm³/mol. The van der Waals surface area contributed by atoms with Gasteiger partial charge in [-0.15, -0.1) is 0 Å². The number of benzene rings is 1. The number of rotatable bonds is 7. The van der Waals surface area contributed by atoms with E-state index in [0.717, 1.165) is 49.6 Å². The van der Waals surface area contributed by atoms with Crippen molar-refractivity contribution in [3.8, 4) is 5.69 Å². The fourth-order valence-corrected chi connectivity index (χ4v) is 6.12. The maximum Gasteiger partial charge on any atom is 0.256 e. The summed E-state index contributed by atoms with van der Waals surface area (Å²) in [6.45, 7) is 12.9. The highest BCUT2D eigenvalue weighted by Crippen LogP contribution is 2.34. The quantitative estimate of drug-likeness (QED) is 0.501. The number of pyridine rings is 1. The summed E-state index contributed by atoms with van der Waals surface area (Å²) in [6.07, 6.45) is 9.45.